The van der Waals surface area contributed by atoms with Crippen LogP contribution in [0, 0.1) is 0 Å². The van der Waals surface area contributed by atoms with Gasteiger partial charge in [0.25, 0.3) is 0 Å². The second-order valence-electron chi connectivity index (χ2n) is 4.63. The summed E-state index contributed by atoms with van der Waals surface area (Å²) >= 11 is 6.04. The molecule has 3 nitrogen and oxygen atoms in total. The van der Waals surface area contributed by atoms with Gasteiger partial charge in [-0.25, -0.2) is 0 Å². The molecule has 4 heteroatoms. The van der Waals surface area contributed by atoms with E-state index >= 15 is 0 Å². The molecule has 0 unspecified atom stereocenters. The van der Waals surface area contributed by atoms with E-state index in [4.69, 9.17) is 16.3 Å². The number of piperazine rings is 1. The molecular weight excluding hydrogens is 236 g/mol. The summed E-state index contributed by atoms with van der Waals surface area (Å²) in [5.41, 5.74) is 1.17. The van der Waals surface area contributed by atoms with Crippen molar-refractivity contribution < 1.29 is 4.74 Å². The molecule has 1 aromatic carbocycles. The topological polar surface area (TPSA) is 24.5 Å². The van der Waals surface area contributed by atoms with E-state index in [1.807, 2.05) is 12.1 Å². The van der Waals surface area contributed by atoms with Gasteiger partial charge in [-0.05, 0) is 26.0 Å². The number of halogens is 1. The minimum atomic E-state index is 0.483. The minimum absolute atomic E-state index is 0.483. The SMILES string of the molecule is COc1cc(N2C[C@H](C)NC[C@@H]2C)ccc1Cl. The van der Waals surface area contributed by atoms with E-state index in [-0.39, 0.29) is 0 Å². The van der Waals surface area contributed by atoms with Crippen LogP contribution in [0.2, 0.25) is 5.02 Å². The van der Waals surface area contributed by atoms with Crippen molar-refractivity contribution in [3.05, 3.63) is 23.2 Å². The van der Waals surface area contributed by atoms with Crippen molar-refractivity contribution in [3.63, 3.8) is 0 Å². The average molecular weight is 255 g/mol. The van der Waals surface area contributed by atoms with E-state index in [1.165, 1.54) is 5.69 Å². The van der Waals surface area contributed by atoms with Crippen LogP contribution >= 0.6 is 11.6 Å². The molecule has 0 aliphatic carbocycles. The third-order valence-electron chi connectivity index (χ3n) is 3.23. The highest BCUT2D eigenvalue weighted by atomic mass is 35.5. The summed E-state index contributed by atoms with van der Waals surface area (Å²) in [5.74, 6) is 0.738. The van der Waals surface area contributed by atoms with Crippen LogP contribution in [-0.4, -0.2) is 32.3 Å². The lowest BCUT2D eigenvalue weighted by Crippen LogP contribution is -2.54. The fraction of sp³-hybridized carbons (Fsp3) is 0.538. The molecule has 1 N–H and O–H groups in total. The maximum Gasteiger partial charge on any atom is 0.139 e. The molecule has 1 aliphatic heterocycles. The second kappa shape index (κ2) is 5.15. The molecule has 2 atom stereocenters. The number of anilines is 1. The van der Waals surface area contributed by atoms with Gasteiger partial charge in [0.2, 0.25) is 0 Å². The van der Waals surface area contributed by atoms with Crippen LogP contribution in [0.4, 0.5) is 5.69 Å². The van der Waals surface area contributed by atoms with E-state index in [0.29, 0.717) is 17.1 Å². The molecule has 1 heterocycles. The number of ether oxygens (including phenoxy) is 1. The first-order valence-electron chi connectivity index (χ1n) is 5.95. The van der Waals surface area contributed by atoms with Crippen molar-refractivity contribution in [2.24, 2.45) is 0 Å². The average Bonchev–Trinajstić information content (AvgIpc) is 2.33. The van der Waals surface area contributed by atoms with Crippen LogP contribution in [0.15, 0.2) is 18.2 Å². The Morgan fingerprint density at radius 3 is 2.88 bits per heavy atom. The number of rotatable bonds is 2. The molecule has 0 spiro atoms. The van der Waals surface area contributed by atoms with Crippen molar-refractivity contribution >= 4 is 17.3 Å². The third-order valence-corrected chi connectivity index (χ3v) is 3.54. The van der Waals surface area contributed by atoms with Gasteiger partial charge in [-0.15, -0.1) is 0 Å². The summed E-state index contributed by atoms with van der Waals surface area (Å²) in [4.78, 5) is 2.39. The predicted molar refractivity (Wildman–Crippen MR) is 72.3 cm³/mol. The fourth-order valence-electron chi connectivity index (χ4n) is 2.21. The van der Waals surface area contributed by atoms with Crippen LogP contribution in [0.25, 0.3) is 0 Å². The van der Waals surface area contributed by atoms with Crippen molar-refractivity contribution in [2.45, 2.75) is 25.9 Å². The van der Waals surface area contributed by atoms with E-state index in [0.717, 1.165) is 18.8 Å². The summed E-state index contributed by atoms with van der Waals surface area (Å²) in [6.45, 7) is 6.43. The lowest BCUT2D eigenvalue weighted by molar-refractivity contribution is 0.411. The van der Waals surface area contributed by atoms with Gasteiger partial charge in [0.15, 0.2) is 0 Å². The summed E-state index contributed by atoms with van der Waals surface area (Å²) in [7, 11) is 1.65. The Morgan fingerprint density at radius 2 is 2.18 bits per heavy atom. The third kappa shape index (κ3) is 2.67. The summed E-state index contributed by atoms with van der Waals surface area (Å²) in [6.07, 6.45) is 0. The van der Waals surface area contributed by atoms with E-state index in [2.05, 4.69) is 30.1 Å². The van der Waals surface area contributed by atoms with E-state index < -0.39 is 0 Å². The zero-order valence-corrected chi connectivity index (χ0v) is 11.3. The molecular formula is C13H19ClN2O. The zero-order valence-electron chi connectivity index (χ0n) is 10.5. The largest absolute Gasteiger partial charge is 0.495 e. The van der Waals surface area contributed by atoms with Gasteiger partial charge in [0, 0.05) is 36.9 Å². The molecule has 1 aromatic rings. The maximum atomic E-state index is 6.04. The normalized spacial score (nSPS) is 24.8. The van der Waals surface area contributed by atoms with Crippen LogP contribution in [0.1, 0.15) is 13.8 Å². The highest BCUT2D eigenvalue weighted by Gasteiger charge is 2.23. The minimum Gasteiger partial charge on any atom is -0.495 e. The molecule has 0 saturated carbocycles. The maximum absolute atomic E-state index is 6.04. The number of hydrogen-bond donors (Lipinski definition) is 1. The summed E-state index contributed by atoms with van der Waals surface area (Å²) in [5, 5.41) is 4.13. The number of hydrogen-bond acceptors (Lipinski definition) is 3. The van der Waals surface area contributed by atoms with Gasteiger partial charge in [-0.1, -0.05) is 11.6 Å². The highest BCUT2D eigenvalue weighted by molar-refractivity contribution is 6.32. The van der Waals surface area contributed by atoms with E-state index in [9.17, 15) is 0 Å². The Morgan fingerprint density at radius 1 is 1.41 bits per heavy atom. The monoisotopic (exact) mass is 254 g/mol. The lowest BCUT2D eigenvalue weighted by Gasteiger charge is -2.39. The number of nitrogens with one attached hydrogen (secondary N) is 1. The van der Waals surface area contributed by atoms with Gasteiger partial charge in [-0.2, -0.15) is 0 Å². The molecule has 94 valence electrons. The Bertz CT molecular complexity index is 397. The molecule has 0 bridgehead atoms. The molecule has 2 rings (SSSR count). The smallest absolute Gasteiger partial charge is 0.139 e. The Balaban J connectivity index is 2.26. The Hall–Kier alpha value is -0.930. The van der Waals surface area contributed by atoms with Crippen LogP contribution < -0.4 is 15.0 Å². The van der Waals surface area contributed by atoms with Crippen molar-refractivity contribution in [2.75, 3.05) is 25.1 Å². The summed E-state index contributed by atoms with van der Waals surface area (Å²) < 4.78 is 5.26. The first-order valence-corrected chi connectivity index (χ1v) is 6.33. The predicted octanol–water partition coefficient (Wildman–Crippen LogP) is 2.54. The van der Waals surface area contributed by atoms with Gasteiger partial charge < -0.3 is 15.0 Å². The molecule has 1 fully saturated rings. The number of benzene rings is 1. The van der Waals surface area contributed by atoms with Gasteiger partial charge in [0.1, 0.15) is 5.75 Å². The first kappa shape index (κ1) is 12.5. The molecule has 0 amide bonds. The van der Waals surface area contributed by atoms with Gasteiger partial charge in [0.05, 0.1) is 12.1 Å². The molecule has 1 saturated heterocycles. The first-order chi connectivity index (χ1) is 8.11. The summed E-state index contributed by atoms with van der Waals surface area (Å²) in [6, 6.07) is 6.95. The fourth-order valence-corrected chi connectivity index (χ4v) is 2.40. The van der Waals surface area contributed by atoms with Crippen LogP contribution in [-0.2, 0) is 0 Å². The van der Waals surface area contributed by atoms with Crippen LogP contribution in [0.5, 0.6) is 5.75 Å². The van der Waals surface area contributed by atoms with Crippen LogP contribution in [0.3, 0.4) is 0 Å². The Labute approximate surface area is 108 Å². The molecule has 1 aliphatic rings. The standard InChI is InChI=1S/C13H19ClN2O/c1-9-8-16(10(2)7-15-9)11-4-5-12(14)13(6-11)17-3/h4-6,9-10,15H,7-8H2,1-3H3/t9-,10-/m0/s1. The molecule has 0 aromatic heterocycles. The van der Waals surface area contributed by atoms with E-state index in [1.54, 1.807) is 7.11 Å². The molecule has 17 heavy (non-hydrogen) atoms. The highest BCUT2D eigenvalue weighted by Crippen LogP contribution is 2.30. The number of nitrogens with zero attached hydrogens (tertiary/aromatic N) is 1. The van der Waals surface area contributed by atoms with Gasteiger partial charge >= 0.3 is 0 Å². The van der Waals surface area contributed by atoms with Gasteiger partial charge in [-0.3, -0.25) is 0 Å². The van der Waals surface area contributed by atoms with Crippen molar-refractivity contribution in [1.82, 2.24) is 5.32 Å². The Kier molecular flexibility index (Phi) is 3.79. The van der Waals surface area contributed by atoms with Crippen molar-refractivity contribution in [3.8, 4) is 5.75 Å². The molecule has 0 radical (unpaired) electrons. The lowest BCUT2D eigenvalue weighted by atomic mass is 10.1. The quantitative estimate of drug-likeness (QED) is 0.878. The zero-order chi connectivity index (χ0) is 12.4. The second-order valence-corrected chi connectivity index (χ2v) is 5.04. The van der Waals surface area contributed by atoms with Crippen molar-refractivity contribution in [1.29, 1.82) is 0 Å². The number of methoxy groups -OCH3 is 1.